The summed E-state index contributed by atoms with van der Waals surface area (Å²) in [6.45, 7) is 9.82. The van der Waals surface area contributed by atoms with E-state index >= 15 is 0 Å². The Morgan fingerprint density at radius 1 is 1.39 bits per heavy atom. The second kappa shape index (κ2) is 7.15. The zero-order valence-corrected chi connectivity index (χ0v) is 13.0. The topological polar surface area (TPSA) is 29.9 Å². The van der Waals surface area contributed by atoms with E-state index in [-0.39, 0.29) is 0 Å². The SMILES string of the molecule is CCCNC(Cc1c(C)nn(C)c1Cl)CC(C)C. The second-order valence-corrected chi connectivity index (χ2v) is 5.82. The monoisotopic (exact) mass is 271 g/mol. The van der Waals surface area contributed by atoms with E-state index in [9.17, 15) is 0 Å². The first-order chi connectivity index (χ1) is 8.45. The number of hydrogen-bond donors (Lipinski definition) is 1. The van der Waals surface area contributed by atoms with Gasteiger partial charge in [0, 0.05) is 18.7 Å². The molecule has 0 radical (unpaired) electrons. The zero-order chi connectivity index (χ0) is 13.7. The van der Waals surface area contributed by atoms with Gasteiger partial charge in [-0.2, -0.15) is 5.10 Å². The summed E-state index contributed by atoms with van der Waals surface area (Å²) in [5, 5.41) is 8.77. The maximum absolute atomic E-state index is 6.30. The molecular weight excluding hydrogens is 246 g/mol. The lowest BCUT2D eigenvalue weighted by Gasteiger charge is -2.20. The van der Waals surface area contributed by atoms with Crippen LogP contribution in [0.1, 0.15) is 44.9 Å². The molecular formula is C14H26ClN3. The fraction of sp³-hybridized carbons (Fsp3) is 0.786. The molecule has 1 rings (SSSR count). The van der Waals surface area contributed by atoms with Crippen molar-refractivity contribution >= 4 is 11.6 Å². The van der Waals surface area contributed by atoms with E-state index in [1.807, 2.05) is 14.0 Å². The van der Waals surface area contributed by atoms with Gasteiger partial charge in [0.05, 0.1) is 5.69 Å². The smallest absolute Gasteiger partial charge is 0.130 e. The molecule has 1 N–H and O–H groups in total. The van der Waals surface area contributed by atoms with Gasteiger partial charge in [-0.25, -0.2) is 0 Å². The van der Waals surface area contributed by atoms with Crippen LogP contribution in [0.5, 0.6) is 0 Å². The average molecular weight is 272 g/mol. The number of rotatable bonds is 7. The molecule has 3 nitrogen and oxygen atoms in total. The highest BCUT2D eigenvalue weighted by atomic mass is 35.5. The van der Waals surface area contributed by atoms with E-state index in [4.69, 9.17) is 11.6 Å². The number of nitrogens with zero attached hydrogens (tertiary/aromatic N) is 2. The van der Waals surface area contributed by atoms with Crippen LogP contribution in [-0.4, -0.2) is 22.4 Å². The van der Waals surface area contributed by atoms with Gasteiger partial charge in [0.1, 0.15) is 5.15 Å². The molecule has 0 aromatic carbocycles. The summed E-state index contributed by atoms with van der Waals surface area (Å²) in [7, 11) is 1.90. The van der Waals surface area contributed by atoms with Crippen LogP contribution in [0.25, 0.3) is 0 Å². The average Bonchev–Trinajstić information content (AvgIpc) is 2.52. The molecule has 1 heterocycles. The highest BCUT2D eigenvalue weighted by molar-refractivity contribution is 6.30. The minimum Gasteiger partial charge on any atom is -0.314 e. The Hall–Kier alpha value is -0.540. The van der Waals surface area contributed by atoms with Gasteiger partial charge < -0.3 is 5.32 Å². The number of aromatic nitrogens is 2. The highest BCUT2D eigenvalue weighted by Gasteiger charge is 2.17. The van der Waals surface area contributed by atoms with Crippen molar-refractivity contribution in [2.45, 2.75) is 53.0 Å². The van der Waals surface area contributed by atoms with E-state index in [1.165, 1.54) is 12.0 Å². The molecule has 0 fully saturated rings. The molecule has 1 aromatic heterocycles. The summed E-state index contributed by atoms with van der Waals surface area (Å²) in [4.78, 5) is 0. The molecule has 0 saturated carbocycles. The first-order valence-corrected chi connectivity index (χ1v) is 7.24. The maximum Gasteiger partial charge on any atom is 0.130 e. The Kier molecular flexibility index (Phi) is 6.16. The van der Waals surface area contributed by atoms with Crippen LogP contribution in [-0.2, 0) is 13.5 Å². The third kappa shape index (κ3) is 4.29. The summed E-state index contributed by atoms with van der Waals surface area (Å²) < 4.78 is 1.76. The van der Waals surface area contributed by atoms with Gasteiger partial charge in [0.2, 0.25) is 0 Å². The Balaban J connectivity index is 2.74. The van der Waals surface area contributed by atoms with E-state index < -0.39 is 0 Å². The zero-order valence-electron chi connectivity index (χ0n) is 12.3. The van der Waals surface area contributed by atoms with Crippen molar-refractivity contribution in [2.24, 2.45) is 13.0 Å². The van der Waals surface area contributed by atoms with Gasteiger partial charge in [0.25, 0.3) is 0 Å². The van der Waals surface area contributed by atoms with Crippen LogP contribution in [0, 0.1) is 12.8 Å². The molecule has 1 aromatic rings. The predicted octanol–water partition coefficient (Wildman–Crippen LogP) is 3.34. The Morgan fingerprint density at radius 2 is 2.06 bits per heavy atom. The second-order valence-electron chi connectivity index (χ2n) is 5.46. The standard InChI is InChI=1S/C14H26ClN3/c1-6-7-16-12(8-10(2)3)9-13-11(4)17-18(5)14(13)15/h10,12,16H,6-9H2,1-5H3. The molecule has 1 unspecified atom stereocenters. The molecule has 0 spiro atoms. The van der Waals surface area contributed by atoms with Crippen LogP contribution in [0.4, 0.5) is 0 Å². The lowest BCUT2D eigenvalue weighted by Crippen LogP contribution is -2.33. The van der Waals surface area contributed by atoms with Crippen molar-refractivity contribution in [1.82, 2.24) is 15.1 Å². The quantitative estimate of drug-likeness (QED) is 0.824. The number of hydrogen-bond acceptors (Lipinski definition) is 2. The van der Waals surface area contributed by atoms with Crippen molar-refractivity contribution in [3.63, 3.8) is 0 Å². The van der Waals surface area contributed by atoms with Crippen molar-refractivity contribution in [3.8, 4) is 0 Å². The van der Waals surface area contributed by atoms with Crippen LogP contribution in [0.2, 0.25) is 5.15 Å². The van der Waals surface area contributed by atoms with E-state index in [2.05, 4.69) is 31.2 Å². The van der Waals surface area contributed by atoms with Gasteiger partial charge >= 0.3 is 0 Å². The molecule has 0 aliphatic carbocycles. The van der Waals surface area contributed by atoms with Crippen LogP contribution in [0.15, 0.2) is 0 Å². The fourth-order valence-electron chi connectivity index (χ4n) is 2.31. The maximum atomic E-state index is 6.30. The van der Waals surface area contributed by atoms with Crippen LogP contribution >= 0.6 is 11.6 Å². The molecule has 104 valence electrons. The third-order valence-corrected chi connectivity index (χ3v) is 3.63. The first-order valence-electron chi connectivity index (χ1n) is 6.87. The third-order valence-electron chi connectivity index (χ3n) is 3.16. The molecule has 0 saturated heterocycles. The largest absolute Gasteiger partial charge is 0.314 e. The van der Waals surface area contributed by atoms with Gasteiger partial charge in [0.15, 0.2) is 0 Å². The van der Waals surface area contributed by atoms with E-state index in [1.54, 1.807) is 4.68 Å². The Labute approximate surface area is 116 Å². The molecule has 0 aliphatic rings. The fourth-order valence-corrected chi connectivity index (χ4v) is 2.56. The predicted molar refractivity (Wildman–Crippen MR) is 78.2 cm³/mol. The van der Waals surface area contributed by atoms with E-state index in [0.29, 0.717) is 12.0 Å². The lowest BCUT2D eigenvalue weighted by molar-refractivity contribution is 0.416. The lowest BCUT2D eigenvalue weighted by atomic mass is 9.97. The number of halogens is 1. The van der Waals surface area contributed by atoms with Crippen LogP contribution < -0.4 is 5.32 Å². The minimum absolute atomic E-state index is 0.491. The highest BCUT2D eigenvalue weighted by Crippen LogP contribution is 2.22. The molecule has 1 atom stereocenters. The van der Waals surface area contributed by atoms with Crippen molar-refractivity contribution in [2.75, 3.05) is 6.54 Å². The summed E-state index contributed by atoms with van der Waals surface area (Å²) in [6.07, 6.45) is 3.30. The summed E-state index contributed by atoms with van der Waals surface area (Å²) >= 11 is 6.30. The normalized spacial score (nSPS) is 13.3. The summed E-state index contributed by atoms with van der Waals surface area (Å²) in [5.41, 5.74) is 2.24. The van der Waals surface area contributed by atoms with Crippen molar-refractivity contribution < 1.29 is 0 Å². The molecule has 18 heavy (non-hydrogen) atoms. The van der Waals surface area contributed by atoms with Gasteiger partial charge in [-0.1, -0.05) is 32.4 Å². The van der Waals surface area contributed by atoms with Gasteiger partial charge in [-0.05, 0) is 38.6 Å². The molecule has 0 amide bonds. The molecule has 4 heteroatoms. The van der Waals surface area contributed by atoms with Gasteiger partial charge in [-0.3, -0.25) is 4.68 Å². The van der Waals surface area contributed by atoms with E-state index in [0.717, 1.165) is 30.2 Å². The molecule has 0 bridgehead atoms. The summed E-state index contributed by atoms with van der Waals surface area (Å²) in [5.74, 6) is 0.690. The summed E-state index contributed by atoms with van der Waals surface area (Å²) in [6, 6.07) is 0.491. The minimum atomic E-state index is 0.491. The molecule has 0 aliphatic heterocycles. The number of nitrogens with one attached hydrogen (secondary N) is 1. The Morgan fingerprint density at radius 3 is 2.50 bits per heavy atom. The van der Waals surface area contributed by atoms with Crippen LogP contribution in [0.3, 0.4) is 0 Å². The van der Waals surface area contributed by atoms with Crippen molar-refractivity contribution in [3.05, 3.63) is 16.4 Å². The van der Waals surface area contributed by atoms with Crippen molar-refractivity contribution in [1.29, 1.82) is 0 Å². The first kappa shape index (κ1) is 15.5. The number of aryl methyl sites for hydroxylation is 2. The Bertz CT molecular complexity index is 371. The van der Waals surface area contributed by atoms with Gasteiger partial charge in [-0.15, -0.1) is 0 Å².